The molecule has 8 heteroatoms. The minimum Gasteiger partial charge on any atom is -0.493 e. The van der Waals surface area contributed by atoms with Crippen molar-refractivity contribution in [2.75, 3.05) is 26.7 Å². The molecule has 0 saturated carbocycles. The van der Waals surface area contributed by atoms with Gasteiger partial charge in [0.25, 0.3) is 0 Å². The van der Waals surface area contributed by atoms with E-state index in [0.29, 0.717) is 31.2 Å². The number of rotatable bonds is 10. The summed E-state index contributed by atoms with van der Waals surface area (Å²) in [7, 11) is 1.59. The summed E-state index contributed by atoms with van der Waals surface area (Å²) in [5.74, 6) is 0.743. The SMILES string of the molecule is CCN(Cc1ccc(OCc2cccs2)c(OC)c1)C(=O)CNC(=O)CN. The lowest BCUT2D eigenvalue weighted by molar-refractivity contribution is -0.132. The summed E-state index contributed by atoms with van der Waals surface area (Å²) < 4.78 is 11.3. The van der Waals surface area contributed by atoms with E-state index in [0.717, 1.165) is 10.4 Å². The molecule has 2 aromatic rings. The number of ether oxygens (including phenoxy) is 2. The fourth-order valence-corrected chi connectivity index (χ4v) is 3.04. The highest BCUT2D eigenvalue weighted by Gasteiger charge is 2.14. The lowest BCUT2D eigenvalue weighted by Gasteiger charge is -2.22. The normalized spacial score (nSPS) is 10.3. The van der Waals surface area contributed by atoms with Crippen LogP contribution >= 0.6 is 11.3 Å². The van der Waals surface area contributed by atoms with Gasteiger partial charge in [0.05, 0.1) is 20.2 Å². The Kier molecular flexibility index (Phi) is 8.09. The van der Waals surface area contributed by atoms with Crippen molar-refractivity contribution in [1.29, 1.82) is 0 Å². The lowest BCUT2D eigenvalue weighted by Crippen LogP contribution is -2.41. The van der Waals surface area contributed by atoms with Crippen molar-refractivity contribution in [3.63, 3.8) is 0 Å². The van der Waals surface area contributed by atoms with Crippen LogP contribution in [0.1, 0.15) is 17.4 Å². The molecule has 2 rings (SSSR count). The molecular formula is C19H25N3O4S. The van der Waals surface area contributed by atoms with E-state index < -0.39 is 0 Å². The molecule has 146 valence electrons. The number of nitrogens with two attached hydrogens (primary N) is 1. The Labute approximate surface area is 163 Å². The fraction of sp³-hybridized carbons (Fsp3) is 0.368. The molecule has 0 aliphatic rings. The summed E-state index contributed by atoms with van der Waals surface area (Å²) in [4.78, 5) is 26.3. The average Bonchev–Trinajstić information content (AvgIpc) is 3.22. The first-order chi connectivity index (χ1) is 13.1. The van der Waals surface area contributed by atoms with E-state index in [-0.39, 0.29) is 24.9 Å². The summed E-state index contributed by atoms with van der Waals surface area (Å²) in [6.45, 7) is 3.10. The van der Waals surface area contributed by atoms with Gasteiger partial charge in [0.1, 0.15) is 6.61 Å². The smallest absolute Gasteiger partial charge is 0.242 e. The van der Waals surface area contributed by atoms with Gasteiger partial charge in [-0.1, -0.05) is 12.1 Å². The van der Waals surface area contributed by atoms with Crippen LogP contribution in [0.4, 0.5) is 0 Å². The van der Waals surface area contributed by atoms with E-state index in [9.17, 15) is 9.59 Å². The highest BCUT2D eigenvalue weighted by atomic mass is 32.1. The Hall–Kier alpha value is -2.58. The van der Waals surface area contributed by atoms with Gasteiger partial charge in [0, 0.05) is 18.0 Å². The molecule has 1 heterocycles. The molecule has 0 aliphatic heterocycles. The Bertz CT molecular complexity index is 749. The predicted molar refractivity (Wildman–Crippen MR) is 105 cm³/mol. The van der Waals surface area contributed by atoms with Crippen molar-refractivity contribution >= 4 is 23.2 Å². The van der Waals surface area contributed by atoms with Gasteiger partial charge in [-0.15, -0.1) is 11.3 Å². The molecule has 1 aromatic heterocycles. The van der Waals surface area contributed by atoms with Gasteiger partial charge in [-0.3, -0.25) is 9.59 Å². The topological polar surface area (TPSA) is 93.9 Å². The van der Waals surface area contributed by atoms with E-state index in [2.05, 4.69) is 5.32 Å². The fourth-order valence-electron chi connectivity index (χ4n) is 2.43. The maximum atomic E-state index is 12.3. The summed E-state index contributed by atoms with van der Waals surface area (Å²) >= 11 is 1.63. The number of hydrogen-bond donors (Lipinski definition) is 2. The minimum atomic E-state index is -0.353. The largest absolute Gasteiger partial charge is 0.493 e. The number of carbonyl (C=O) groups excluding carboxylic acids is 2. The maximum absolute atomic E-state index is 12.3. The number of hydrogen-bond acceptors (Lipinski definition) is 6. The summed E-state index contributed by atoms with van der Waals surface area (Å²) in [6, 6.07) is 9.60. The van der Waals surface area contributed by atoms with Gasteiger partial charge in [0.2, 0.25) is 11.8 Å². The number of benzene rings is 1. The van der Waals surface area contributed by atoms with Crippen LogP contribution in [-0.4, -0.2) is 43.5 Å². The number of methoxy groups -OCH3 is 1. The van der Waals surface area contributed by atoms with Gasteiger partial charge >= 0.3 is 0 Å². The Balaban J connectivity index is 2.00. The van der Waals surface area contributed by atoms with E-state index in [4.69, 9.17) is 15.2 Å². The Morgan fingerprint density at radius 3 is 2.70 bits per heavy atom. The highest BCUT2D eigenvalue weighted by Crippen LogP contribution is 2.29. The molecule has 7 nitrogen and oxygen atoms in total. The van der Waals surface area contributed by atoms with Crippen molar-refractivity contribution in [1.82, 2.24) is 10.2 Å². The summed E-state index contributed by atoms with van der Waals surface area (Å²) in [6.07, 6.45) is 0. The maximum Gasteiger partial charge on any atom is 0.242 e. The molecule has 0 atom stereocenters. The number of amides is 2. The van der Waals surface area contributed by atoms with Crippen molar-refractivity contribution in [2.24, 2.45) is 5.73 Å². The van der Waals surface area contributed by atoms with Gasteiger partial charge in [-0.05, 0) is 36.1 Å². The van der Waals surface area contributed by atoms with E-state index >= 15 is 0 Å². The quantitative estimate of drug-likeness (QED) is 0.644. The van der Waals surface area contributed by atoms with Crippen LogP contribution in [0.5, 0.6) is 11.5 Å². The van der Waals surface area contributed by atoms with Crippen LogP contribution in [0.3, 0.4) is 0 Å². The van der Waals surface area contributed by atoms with Gasteiger partial charge in [-0.25, -0.2) is 0 Å². The van der Waals surface area contributed by atoms with Crippen LogP contribution in [-0.2, 0) is 22.7 Å². The standard InChI is InChI=1S/C19H25N3O4S/c1-3-22(19(24)11-21-18(23)10-20)12-14-6-7-16(17(9-14)25-2)26-13-15-5-4-8-27-15/h4-9H,3,10-13,20H2,1-2H3,(H,21,23). The van der Waals surface area contributed by atoms with E-state index in [1.54, 1.807) is 23.3 Å². The second kappa shape index (κ2) is 10.5. The first-order valence-electron chi connectivity index (χ1n) is 8.64. The van der Waals surface area contributed by atoms with E-state index in [1.807, 2.05) is 42.6 Å². The number of carbonyl (C=O) groups is 2. The average molecular weight is 391 g/mol. The molecule has 0 saturated heterocycles. The molecule has 0 unspecified atom stereocenters. The third-order valence-electron chi connectivity index (χ3n) is 3.91. The van der Waals surface area contributed by atoms with Gasteiger partial charge in [-0.2, -0.15) is 0 Å². The summed E-state index contributed by atoms with van der Waals surface area (Å²) in [5, 5.41) is 4.50. The number of likely N-dealkylation sites (N-methyl/N-ethyl adjacent to an activating group) is 1. The van der Waals surface area contributed by atoms with Gasteiger partial charge in [0.15, 0.2) is 11.5 Å². The molecule has 0 aliphatic carbocycles. The van der Waals surface area contributed by atoms with Crippen molar-refractivity contribution in [3.05, 3.63) is 46.2 Å². The molecule has 2 amide bonds. The molecule has 1 aromatic carbocycles. The van der Waals surface area contributed by atoms with Crippen molar-refractivity contribution in [3.8, 4) is 11.5 Å². The van der Waals surface area contributed by atoms with Crippen LogP contribution in [0.25, 0.3) is 0 Å². The minimum absolute atomic E-state index is 0.0665. The Morgan fingerprint density at radius 2 is 2.07 bits per heavy atom. The summed E-state index contributed by atoms with van der Waals surface area (Å²) in [5.41, 5.74) is 6.14. The Morgan fingerprint density at radius 1 is 1.26 bits per heavy atom. The van der Waals surface area contributed by atoms with Crippen molar-refractivity contribution in [2.45, 2.75) is 20.1 Å². The molecular weight excluding hydrogens is 366 g/mol. The van der Waals surface area contributed by atoms with Crippen LogP contribution in [0.2, 0.25) is 0 Å². The third-order valence-corrected chi connectivity index (χ3v) is 4.76. The molecule has 0 spiro atoms. The number of thiophene rings is 1. The molecule has 0 radical (unpaired) electrons. The van der Waals surface area contributed by atoms with Crippen LogP contribution in [0, 0.1) is 0 Å². The number of nitrogens with one attached hydrogen (secondary N) is 1. The van der Waals surface area contributed by atoms with Crippen molar-refractivity contribution < 1.29 is 19.1 Å². The lowest BCUT2D eigenvalue weighted by atomic mass is 10.2. The van der Waals surface area contributed by atoms with Crippen LogP contribution in [0.15, 0.2) is 35.7 Å². The first kappa shape index (κ1) is 20.7. The zero-order valence-electron chi connectivity index (χ0n) is 15.6. The first-order valence-corrected chi connectivity index (χ1v) is 9.52. The van der Waals surface area contributed by atoms with Crippen LogP contribution < -0.4 is 20.5 Å². The van der Waals surface area contributed by atoms with E-state index in [1.165, 1.54) is 0 Å². The number of nitrogens with zero attached hydrogens (tertiary/aromatic N) is 1. The zero-order chi connectivity index (χ0) is 19.6. The predicted octanol–water partition coefficient (Wildman–Crippen LogP) is 1.76. The molecule has 27 heavy (non-hydrogen) atoms. The molecule has 3 N–H and O–H groups in total. The monoisotopic (exact) mass is 391 g/mol. The molecule has 0 bridgehead atoms. The zero-order valence-corrected chi connectivity index (χ0v) is 16.4. The second-order valence-corrected chi connectivity index (χ2v) is 6.77. The second-order valence-electron chi connectivity index (χ2n) is 5.74. The van der Waals surface area contributed by atoms with Gasteiger partial charge < -0.3 is 25.4 Å². The highest BCUT2D eigenvalue weighted by molar-refractivity contribution is 7.09. The third kappa shape index (κ3) is 6.26. The molecule has 0 fully saturated rings.